The van der Waals surface area contributed by atoms with Gasteiger partial charge in [0.2, 0.25) is 0 Å². The number of pyridine rings is 1. The largest absolute Gasteiger partial charge is 0.395 e. The average molecular weight is 399 g/mol. The Bertz CT molecular complexity index is 674. The molecule has 0 spiro atoms. The van der Waals surface area contributed by atoms with Gasteiger partial charge in [0.1, 0.15) is 0 Å². The first kappa shape index (κ1) is 17.0. The molecule has 1 aliphatic rings. The van der Waals surface area contributed by atoms with E-state index in [4.69, 9.17) is 16.7 Å². The molecule has 4 nitrogen and oxygen atoms in total. The topological polar surface area (TPSA) is 48.4 Å². The minimum atomic E-state index is 0.252. The van der Waals surface area contributed by atoms with Gasteiger partial charge in [-0.1, -0.05) is 27.5 Å². The number of nitrogens with zero attached hydrogens (tertiary/aromatic N) is 2. The van der Waals surface area contributed by atoms with E-state index in [1.54, 1.807) is 6.20 Å². The molecule has 1 aromatic heterocycles. The number of halogens is 2. The van der Waals surface area contributed by atoms with Crippen LogP contribution in [0.5, 0.6) is 0 Å². The fourth-order valence-electron chi connectivity index (χ4n) is 3.14. The van der Waals surface area contributed by atoms with Crippen LogP contribution in [0, 0.1) is 5.92 Å². The van der Waals surface area contributed by atoms with Gasteiger partial charge in [-0.2, -0.15) is 0 Å². The van der Waals surface area contributed by atoms with Crippen molar-refractivity contribution >= 4 is 44.1 Å². The lowest BCUT2D eigenvalue weighted by Crippen LogP contribution is -2.37. The Kier molecular flexibility index (Phi) is 5.75. The number of rotatable bonds is 5. The van der Waals surface area contributed by atoms with E-state index in [9.17, 15) is 0 Å². The number of β-amino-alcohol motifs (C(OH)–C–C–N with tert-alkyl or cyclic N) is 1. The lowest BCUT2D eigenvalue weighted by molar-refractivity contribution is 0.151. The first-order valence-corrected chi connectivity index (χ1v) is 9.15. The summed E-state index contributed by atoms with van der Waals surface area (Å²) < 4.78 is 0.961. The van der Waals surface area contributed by atoms with Gasteiger partial charge in [0.25, 0.3) is 0 Å². The van der Waals surface area contributed by atoms with Crippen molar-refractivity contribution in [2.24, 2.45) is 5.92 Å². The Hall–Kier alpha value is -0.880. The molecule has 0 saturated carbocycles. The highest BCUT2D eigenvalue weighted by Crippen LogP contribution is 2.31. The van der Waals surface area contributed by atoms with Gasteiger partial charge in [0.05, 0.1) is 17.1 Å². The number of aromatic nitrogens is 1. The van der Waals surface area contributed by atoms with Crippen molar-refractivity contribution in [3.63, 3.8) is 0 Å². The van der Waals surface area contributed by atoms with Crippen LogP contribution in [-0.4, -0.2) is 47.8 Å². The number of aliphatic hydroxyl groups excluding tert-OH is 1. The van der Waals surface area contributed by atoms with Crippen LogP contribution in [0.15, 0.2) is 28.9 Å². The Labute approximate surface area is 150 Å². The molecule has 6 heteroatoms. The van der Waals surface area contributed by atoms with E-state index in [1.807, 2.05) is 12.1 Å². The zero-order valence-electron chi connectivity index (χ0n) is 12.9. The molecule has 2 N–H and O–H groups in total. The van der Waals surface area contributed by atoms with Crippen molar-refractivity contribution < 1.29 is 5.11 Å². The van der Waals surface area contributed by atoms with Gasteiger partial charge in [-0.15, -0.1) is 0 Å². The minimum Gasteiger partial charge on any atom is -0.395 e. The molecule has 0 unspecified atom stereocenters. The fraction of sp³-hybridized carbons (Fsp3) is 0.471. The fourth-order valence-corrected chi connectivity index (χ4v) is 4.00. The summed E-state index contributed by atoms with van der Waals surface area (Å²) in [5.74, 6) is 0.663. The van der Waals surface area contributed by atoms with Gasteiger partial charge in [-0.05, 0) is 50.0 Å². The van der Waals surface area contributed by atoms with E-state index in [2.05, 4.69) is 37.2 Å². The molecular formula is C17H21BrClN3O. The maximum absolute atomic E-state index is 9.01. The maximum Gasteiger partial charge on any atom is 0.0909 e. The molecule has 124 valence electrons. The summed E-state index contributed by atoms with van der Waals surface area (Å²) >= 11 is 9.78. The highest BCUT2D eigenvalue weighted by atomic mass is 79.9. The Morgan fingerprint density at radius 2 is 2.13 bits per heavy atom. The second kappa shape index (κ2) is 7.79. The standard InChI is InChI=1S/C17H21BrClN3O/c18-13-9-14-16(1-4-20-17(14)15(19)10-13)21-11-12-2-5-22(6-3-12)7-8-23/h1,4,9-10,12,23H,2-3,5-8,11H2,(H,20,21). The molecule has 0 bridgehead atoms. The second-order valence-electron chi connectivity index (χ2n) is 6.03. The molecule has 3 rings (SSSR count). The highest BCUT2D eigenvalue weighted by Gasteiger charge is 2.18. The SMILES string of the molecule is OCCN1CCC(CNc2ccnc3c(Cl)cc(Br)cc23)CC1. The number of nitrogens with one attached hydrogen (secondary N) is 1. The molecule has 0 radical (unpaired) electrons. The zero-order chi connectivity index (χ0) is 16.2. The van der Waals surface area contributed by atoms with Crippen molar-refractivity contribution in [2.75, 3.05) is 38.1 Å². The molecule has 0 amide bonds. The molecule has 1 saturated heterocycles. The lowest BCUT2D eigenvalue weighted by atomic mass is 9.96. The van der Waals surface area contributed by atoms with E-state index in [0.717, 1.165) is 47.2 Å². The molecule has 1 aliphatic heterocycles. The average Bonchev–Trinajstić information content (AvgIpc) is 2.54. The normalized spacial score (nSPS) is 16.8. The molecule has 0 atom stereocenters. The van der Waals surface area contributed by atoms with Crippen molar-refractivity contribution in [3.05, 3.63) is 33.9 Å². The monoisotopic (exact) mass is 397 g/mol. The second-order valence-corrected chi connectivity index (χ2v) is 7.35. The van der Waals surface area contributed by atoms with Crippen LogP contribution < -0.4 is 5.32 Å². The van der Waals surface area contributed by atoms with Crippen molar-refractivity contribution in [3.8, 4) is 0 Å². The number of fused-ring (bicyclic) bond motifs is 1. The van der Waals surface area contributed by atoms with Gasteiger partial charge >= 0.3 is 0 Å². The maximum atomic E-state index is 9.01. The third-order valence-electron chi connectivity index (χ3n) is 4.47. The quantitative estimate of drug-likeness (QED) is 0.805. The minimum absolute atomic E-state index is 0.252. The molecular weight excluding hydrogens is 378 g/mol. The molecule has 1 aromatic carbocycles. The Morgan fingerprint density at radius 3 is 2.87 bits per heavy atom. The number of benzene rings is 1. The van der Waals surface area contributed by atoms with Crippen LogP contribution in [0.2, 0.25) is 5.02 Å². The summed E-state index contributed by atoms with van der Waals surface area (Å²) in [6.45, 7) is 4.14. The third-order valence-corrected chi connectivity index (χ3v) is 5.21. The van der Waals surface area contributed by atoms with Crippen molar-refractivity contribution in [1.29, 1.82) is 0 Å². The van der Waals surface area contributed by atoms with E-state index in [0.29, 0.717) is 10.9 Å². The third kappa shape index (κ3) is 4.15. The number of anilines is 1. The Balaban J connectivity index is 1.66. The first-order valence-electron chi connectivity index (χ1n) is 7.98. The summed E-state index contributed by atoms with van der Waals surface area (Å²) in [7, 11) is 0. The summed E-state index contributed by atoms with van der Waals surface area (Å²) in [6, 6.07) is 5.93. The van der Waals surface area contributed by atoms with E-state index in [-0.39, 0.29) is 6.61 Å². The lowest BCUT2D eigenvalue weighted by Gasteiger charge is -2.31. The van der Waals surface area contributed by atoms with Gasteiger partial charge in [-0.25, -0.2) is 0 Å². The molecule has 1 fully saturated rings. The van der Waals surface area contributed by atoms with E-state index < -0.39 is 0 Å². The predicted octanol–water partition coefficient (Wildman–Crippen LogP) is 3.77. The smallest absolute Gasteiger partial charge is 0.0909 e. The van der Waals surface area contributed by atoms with Crippen LogP contribution in [0.25, 0.3) is 10.9 Å². The summed E-state index contributed by atoms with van der Waals surface area (Å²) in [5, 5.41) is 14.3. The summed E-state index contributed by atoms with van der Waals surface area (Å²) in [4.78, 5) is 6.71. The van der Waals surface area contributed by atoms with Gasteiger partial charge in [0.15, 0.2) is 0 Å². The molecule has 23 heavy (non-hydrogen) atoms. The zero-order valence-corrected chi connectivity index (χ0v) is 15.3. The molecule has 0 aliphatic carbocycles. The van der Waals surface area contributed by atoms with Crippen molar-refractivity contribution in [1.82, 2.24) is 9.88 Å². The molecule has 2 aromatic rings. The van der Waals surface area contributed by atoms with Gasteiger partial charge in [0, 0.05) is 34.8 Å². The summed E-state index contributed by atoms with van der Waals surface area (Å²) in [6.07, 6.45) is 4.13. The number of hydrogen-bond acceptors (Lipinski definition) is 4. The van der Waals surface area contributed by atoms with Crippen LogP contribution in [0.4, 0.5) is 5.69 Å². The summed E-state index contributed by atoms with van der Waals surface area (Å²) in [5.41, 5.74) is 1.91. The van der Waals surface area contributed by atoms with Gasteiger partial charge in [-0.3, -0.25) is 4.98 Å². The van der Waals surface area contributed by atoms with Crippen LogP contribution in [-0.2, 0) is 0 Å². The first-order chi connectivity index (χ1) is 11.2. The van der Waals surface area contributed by atoms with Gasteiger partial charge < -0.3 is 15.3 Å². The Morgan fingerprint density at radius 1 is 1.35 bits per heavy atom. The van der Waals surface area contributed by atoms with Crippen LogP contribution >= 0.6 is 27.5 Å². The van der Waals surface area contributed by atoms with Crippen LogP contribution in [0.3, 0.4) is 0 Å². The number of piperidine rings is 1. The number of likely N-dealkylation sites (tertiary alicyclic amines) is 1. The number of aliphatic hydroxyl groups is 1. The molecule has 2 heterocycles. The number of hydrogen-bond donors (Lipinski definition) is 2. The van der Waals surface area contributed by atoms with Crippen LogP contribution in [0.1, 0.15) is 12.8 Å². The van der Waals surface area contributed by atoms with E-state index in [1.165, 1.54) is 12.8 Å². The van der Waals surface area contributed by atoms with E-state index >= 15 is 0 Å². The van der Waals surface area contributed by atoms with Crippen molar-refractivity contribution in [2.45, 2.75) is 12.8 Å². The highest BCUT2D eigenvalue weighted by molar-refractivity contribution is 9.10. The predicted molar refractivity (Wildman–Crippen MR) is 99.2 cm³/mol.